The van der Waals surface area contributed by atoms with Gasteiger partial charge in [0, 0.05) is 0 Å². The lowest BCUT2D eigenvalue weighted by molar-refractivity contribution is -0.142. The fourth-order valence-electron chi connectivity index (χ4n) is 1.41. The predicted molar refractivity (Wildman–Crippen MR) is 58.1 cm³/mol. The van der Waals surface area contributed by atoms with Gasteiger partial charge < -0.3 is 9.84 Å². The second-order valence-corrected chi connectivity index (χ2v) is 3.63. The van der Waals surface area contributed by atoms with E-state index in [2.05, 4.69) is 18.2 Å². The highest BCUT2D eigenvalue weighted by atomic mass is 16.5. The molecule has 3 nitrogen and oxygen atoms in total. The predicted octanol–water partition coefficient (Wildman–Crippen LogP) is 1.95. The highest BCUT2D eigenvalue weighted by Crippen LogP contribution is 2.11. The summed E-state index contributed by atoms with van der Waals surface area (Å²) in [5.41, 5.74) is 3.66. The maximum Gasteiger partial charge on any atom is 0.329 e. The highest BCUT2D eigenvalue weighted by Gasteiger charge is 2.00. The summed E-state index contributed by atoms with van der Waals surface area (Å²) >= 11 is 0. The first-order valence-corrected chi connectivity index (χ1v) is 4.95. The monoisotopic (exact) mass is 208 g/mol. The molecular formula is C12H16O3. The molecule has 0 atom stereocenters. The normalized spacial score (nSPS) is 10.3. The van der Waals surface area contributed by atoms with Crippen molar-refractivity contribution in [1.82, 2.24) is 0 Å². The van der Waals surface area contributed by atoms with E-state index >= 15 is 0 Å². The van der Waals surface area contributed by atoms with Crippen LogP contribution in [0.5, 0.6) is 0 Å². The molecule has 3 heteroatoms. The van der Waals surface area contributed by atoms with Crippen molar-refractivity contribution in [2.24, 2.45) is 0 Å². The van der Waals surface area contributed by atoms with Crippen LogP contribution in [0.4, 0.5) is 0 Å². The molecule has 0 saturated carbocycles. The summed E-state index contributed by atoms with van der Waals surface area (Å²) < 4.78 is 4.99. The van der Waals surface area contributed by atoms with Gasteiger partial charge in [0.2, 0.25) is 0 Å². The van der Waals surface area contributed by atoms with Gasteiger partial charge in [-0.1, -0.05) is 23.8 Å². The molecule has 0 aliphatic rings. The first-order chi connectivity index (χ1) is 7.09. The summed E-state index contributed by atoms with van der Waals surface area (Å²) in [5, 5.41) is 8.38. The second-order valence-electron chi connectivity index (χ2n) is 3.63. The van der Waals surface area contributed by atoms with E-state index in [4.69, 9.17) is 9.84 Å². The molecule has 0 saturated heterocycles. The van der Waals surface area contributed by atoms with Crippen molar-refractivity contribution in [3.05, 3.63) is 34.9 Å². The maximum atomic E-state index is 10.2. The van der Waals surface area contributed by atoms with Crippen LogP contribution < -0.4 is 0 Å². The van der Waals surface area contributed by atoms with Crippen LogP contribution in [-0.4, -0.2) is 24.3 Å². The summed E-state index contributed by atoms with van der Waals surface area (Å²) in [6.07, 6.45) is 0.765. The van der Waals surface area contributed by atoms with E-state index in [1.807, 2.05) is 13.8 Å². The number of hydrogen-bond donors (Lipinski definition) is 1. The molecule has 0 bridgehead atoms. The Hall–Kier alpha value is -1.35. The topological polar surface area (TPSA) is 46.5 Å². The number of aryl methyl sites for hydroxylation is 2. The molecule has 15 heavy (non-hydrogen) atoms. The Bertz CT molecular complexity index is 345. The Morgan fingerprint density at radius 1 is 1.40 bits per heavy atom. The van der Waals surface area contributed by atoms with E-state index in [1.54, 1.807) is 0 Å². The number of rotatable bonds is 5. The standard InChI is InChI=1S/C12H16O3/c1-9-3-4-10(2)11(7-9)5-6-15-8-12(13)14/h3-4,7H,5-6,8H2,1-2H3,(H,13,14). The van der Waals surface area contributed by atoms with Crippen molar-refractivity contribution < 1.29 is 14.6 Å². The number of aliphatic carboxylic acids is 1. The smallest absolute Gasteiger partial charge is 0.329 e. The molecule has 0 amide bonds. The van der Waals surface area contributed by atoms with Crippen LogP contribution in [-0.2, 0) is 16.0 Å². The number of hydrogen-bond acceptors (Lipinski definition) is 2. The average molecular weight is 208 g/mol. The molecule has 82 valence electrons. The van der Waals surface area contributed by atoms with Crippen molar-refractivity contribution >= 4 is 5.97 Å². The zero-order valence-corrected chi connectivity index (χ0v) is 9.12. The lowest BCUT2D eigenvalue weighted by Crippen LogP contribution is -2.09. The summed E-state index contributed by atoms with van der Waals surface area (Å²) in [6, 6.07) is 6.25. The van der Waals surface area contributed by atoms with Crippen LogP contribution in [0.25, 0.3) is 0 Å². The fourth-order valence-corrected chi connectivity index (χ4v) is 1.41. The first-order valence-electron chi connectivity index (χ1n) is 4.95. The zero-order chi connectivity index (χ0) is 11.3. The highest BCUT2D eigenvalue weighted by molar-refractivity contribution is 5.67. The Balaban J connectivity index is 2.43. The van der Waals surface area contributed by atoms with Gasteiger partial charge in [0.25, 0.3) is 0 Å². The second kappa shape index (κ2) is 5.51. The van der Waals surface area contributed by atoms with E-state index in [-0.39, 0.29) is 6.61 Å². The minimum absolute atomic E-state index is 0.217. The Morgan fingerprint density at radius 2 is 2.13 bits per heavy atom. The van der Waals surface area contributed by atoms with E-state index in [9.17, 15) is 4.79 Å². The molecule has 0 unspecified atom stereocenters. The fraction of sp³-hybridized carbons (Fsp3) is 0.417. The van der Waals surface area contributed by atoms with Gasteiger partial charge in [0.05, 0.1) is 6.61 Å². The van der Waals surface area contributed by atoms with Crippen LogP contribution in [0, 0.1) is 13.8 Å². The van der Waals surface area contributed by atoms with Crippen LogP contribution in [0.15, 0.2) is 18.2 Å². The summed E-state index contributed by atoms with van der Waals surface area (Å²) in [6.45, 7) is 4.33. The minimum Gasteiger partial charge on any atom is -0.480 e. The number of carboxylic acids is 1. The minimum atomic E-state index is -0.920. The molecule has 1 N–H and O–H groups in total. The Kier molecular flexibility index (Phi) is 4.31. The molecule has 1 rings (SSSR count). The van der Waals surface area contributed by atoms with Gasteiger partial charge in [-0.3, -0.25) is 0 Å². The summed E-state index contributed by atoms with van der Waals surface area (Å²) in [5.74, 6) is -0.920. The molecule has 0 aliphatic carbocycles. The van der Waals surface area contributed by atoms with Crippen molar-refractivity contribution in [1.29, 1.82) is 0 Å². The average Bonchev–Trinajstić information content (AvgIpc) is 2.17. The van der Waals surface area contributed by atoms with Gasteiger partial charge in [-0.25, -0.2) is 4.79 Å². The number of carbonyl (C=O) groups is 1. The third kappa shape index (κ3) is 4.13. The van der Waals surface area contributed by atoms with Crippen LogP contribution in [0.1, 0.15) is 16.7 Å². The van der Waals surface area contributed by atoms with E-state index in [0.717, 1.165) is 6.42 Å². The van der Waals surface area contributed by atoms with Gasteiger partial charge in [-0.05, 0) is 31.4 Å². The van der Waals surface area contributed by atoms with E-state index < -0.39 is 5.97 Å². The van der Waals surface area contributed by atoms with Gasteiger partial charge in [0.1, 0.15) is 6.61 Å². The zero-order valence-electron chi connectivity index (χ0n) is 9.12. The molecule has 0 spiro atoms. The molecule has 1 aromatic rings. The largest absolute Gasteiger partial charge is 0.480 e. The Labute approximate surface area is 89.7 Å². The molecule has 1 aromatic carbocycles. The van der Waals surface area contributed by atoms with Crippen molar-refractivity contribution in [2.75, 3.05) is 13.2 Å². The SMILES string of the molecule is Cc1ccc(C)c(CCOCC(=O)O)c1. The number of carboxylic acid groups (broad SMARTS) is 1. The van der Waals surface area contributed by atoms with Crippen LogP contribution in [0.2, 0.25) is 0 Å². The maximum absolute atomic E-state index is 10.2. The van der Waals surface area contributed by atoms with Gasteiger partial charge in [-0.2, -0.15) is 0 Å². The van der Waals surface area contributed by atoms with Crippen molar-refractivity contribution in [2.45, 2.75) is 20.3 Å². The molecule has 0 aliphatic heterocycles. The third-order valence-electron chi connectivity index (χ3n) is 2.25. The van der Waals surface area contributed by atoms with Gasteiger partial charge >= 0.3 is 5.97 Å². The molecule has 0 heterocycles. The lowest BCUT2D eigenvalue weighted by Gasteiger charge is -2.06. The molecular weight excluding hydrogens is 192 g/mol. The van der Waals surface area contributed by atoms with Crippen LogP contribution in [0.3, 0.4) is 0 Å². The molecule has 0 fully saturated rings. The lowest BCUT2D eigenvalue weighted by atomic mass is 10.0. The number of ether oxygens (including phenoxy) is 1. The van der Waals surface area contributed by atoms with Crippen LogP contribution >= 0.6 is 0 Å². The van der Waals surface area contributed by atoms with Crippen molar-refractivity contribution in [3.63, 3.8) is 0 Å². The van der Waals surface area contributed by atoms with Gasteiger partial charge in [0.15, 0.2) is 0 Å². The molecule has 0 aromatic heterocycles. The third-order valence-corrected chi connectivity index (χ3v) is 2.25. The van der Waals surface area contributed by atoms with E-state index in [1.165, 1.54) is 16.7 Å². The quantitative estimate of drug-likeness (QED) is 0.752. The van der Waals surface area contributed by atoms with Gasteiger partial charge in [-0.15, -0.1) is 0 Å². The van der Waals surface area contributed by atoms with Crippen molar-refractivity contribution in [3.8, 4) is 0 Å². The summed E-state index contributed by atoms with van der Waals surface area (Å²) in [4.78, 5) is 10.2. The summed E-state index contributed by atoms with van der Waals surface area (Å²) in [7, 11) is 0. The number of benzene rings is 1. The van der Waals surface area contributed by atoms with E-state index in [0.29, 0.717) is 6.61 Å². The Morgan fingerprint density at radius 3 is 2.80 bits per heavy atom. The molecule has 0 radical (unpaired) electrons. The first kappa shape index (κ1) is 11.7.